The van der Waals surface area contributed by atoms with E-state index >= 15 is 0 Å². The van der Waals surface area contributed by atoms with Crippen LogP contribution in [0.5, 0.6) is 0 Å². The summed E-state index contributed by atoms with van der Waals surface area (Å²) in [4.78, 5) is 9.69. The molecule has 0 saturated carbocycles. The molecule has 0 bridgehead atoms. The molecule has 0 fully saturated rings. The standard InChI is InChI=1S/C26H26N2/c1-25(2,3)13-16-12-19-21(27-14-16)15-28-24-18-10-6-8-17-9-7-11-20(22(17)18)26(4,5)23(19)24/h6-12,14-15H,13H2,1-5H3. The largest absolute Gasteiger partial charge is 0.254 e. The van der Waals surface area contributed by atoms with Crippen LogP contribution in [0.2, 0.25) is 0 Å². The van der Waals surface area contributed by atoms with E-state index < -0.39 is 0 Å². The van der Waals surface area contributed by atoms with E-state index in [0.717, 1.165) is 17.6 Å². The first-order valence-corrected chi connectivity index (χ1v) is 10.1. The number of fused-ring (bicyclic) bond motifs is 4. The molecule has 0 unspecified atom stereocenters. The molecule has 0 aliphatic heterocycles. The summed E-state index contributed by atoms with van der Waals surface area (Å²) in [5.74, 6) is 0. The SMILES string of the molecule is CC(C)(C)Cc1cnc2cnc3c(c2c1)C(C)(C)c1cccc2cccc-3c12. The third kappa shape index (κ3) is 2.47. The summed E-state index contributed by atoms with van der Waals surface area (Å²) < 4.78 is 0. The van der Waals surface area contributed by atoms with Gasteiger partial charge >= 0.3 is 0 Å². The topological polar surface area (TPSA) is 25.8 Å². The van der Waals surface area contributed by atoms with E-state index in [1.54, 1.807) is 0 Å². The van der Waals surface area contributed by atoms with Crippen molar-refractivity contribution in [3.8, 4) is 11.3 Å². The van der Waals surface area contributed by atoms with Gasteiger partial charge in [0.25, 0.3) is 0 Å². The number of aromatic nitrogens is 2. The van der Waals surface area contributed by atoms with E-state index in [2.05, 4.69) is 77.1 Å². The molecular formula is C26H26N2. The first kappa shape index (κ1) is 17.4. The van der Waals surface area contributed by atoms with E-state index in [9.17, 15) is 0 Å². The fourth-order valence-corrected chi connectivity index (χ4v) is 4.88. The van der Waals surface area contributed by atoms with Gasteiger partial charge in [-0.1, -0.05) is 71.0 Å². The lowest BCUT2D eigenvalue weighted by Gasteiger charge is -2.35. The van der Waals surface area contributed by atoms with Crippen molar-refractivity contribution in [2.75, 3.05) is 0 Å². The van der Waals surface area contributed by atoms with Crippen molar-refractivity contribution in [2.24, 2.45) is 5.41 Å². The van der Waals surface area contributed by atoms with Gasteiger partial charge in [0, 0.05) is 22.6 Å². The lowest BCUT2D eigenvalue weighted by atomic mass is 9.69. The summed E-state index contributed by atoms with van der Waals surface area (Å²) in [6, 6.07) is 15.6. The molecule has 0 saturated heterocycles. The Bertz CT molecular complexity index is 1240. The summed E-state index contributed by atoms with van der Waals surface area (Å²) in [6.45, 7) is 11.5. The zero-order valence-electron chi connectivity index (χ0n) is 17.3. The third-order valence-corrected chi connectivity index (χ3v) is 5.99. The predicted octanol–water partition coefficient (Wildman–Crippen LogP) is 6.68. The van der Waals surface area contributed by atoms with E-state index in [1.165, 1.54) is 38.4 Å². The summed E-state index contributed by atoms with van der Waals surface area (Å²) in [6.07, 6.45) is 4.98. The van der Waals surface area contributed by atoms with Crippen molar-refractivity contribution in [1.29, 1.82) is 0 Å². The number of hydrogen-bond acceptors (Lipinski definition) is 2. The molecule has 2 nitrogen and oxygen atoms in total. The second kappa shape index (κ2) is 5.64. The number of pyridine rings is 2. The van der Waals surface area contributed by atoms with Gasteiger partial charge in [-0.3, -0.25) is 9.97 Å². The van der Waals surface area contributed by atoms with Gasteiger partial charge in [-0.2, -0.15) is 0 Å². The lowest BCUT2D eigenvalue weighted by Crippen LogP contribution is -2.25. The van der Waals surface area contributed by atoms with E-state index in [4.69, 9.17) is 9.97 Å². The van der Waals surface area contributed by atoms with Crippen molar-refractivity contribution in [3.05, 3.63) is 71.5 Å². The minimum Gasteiger partial charge on any atom is -0.254 e. The first-order chi connectivity index (χ1) is 13.3. The number of benzene rings is 2. The smallest absolute Gasteiger partial charge is 0.0888 e. The van der Waals surface area contributed by atoms with Gasteiger partial charge in [0.15, 0.2) is 0 Å². The molecule has 2 aromatic heterocycles. The average Bonchev–Trinajstić information content (AvgIpc) is 2.64. The zero-order valence-corrected chi connectivity index (χ0v) is 17.3. The van der Waals surface area contributed by atoms with Crippen LogP contribution in [-0.2, 0) is 11.8 Å². The molecule has 2 heteroatoms. The monoisotopic (exact) mass is 366 g/mol. The quantitative estimate of drug-likeness (QED) is 0.375. The van der Waals surface area contributed by atoms with Crippen LogP contribution in [-0.4, -0.2) is 9.97 Å². The maximum Gasteiger partial charge on any atom is 0.0888 e. The van der Waals surface area contributed by atoms with Crippen LogP contribution in [0.1, 0.15) is 51.3 Å². The maximum absolute atomic E-state index is 4.91. The van der Waals surface area contributed by atoms with Crippen molar-refractivity contribution >= 4 is 21.7 Å². The second-order valence-corrected chi connectivity index (χ2v) is 9.83. The Morgan fingerprint density at radius 3 is 2.43 bits per heavy atom. The first-order valence-electron chi connectivity index (χ1n) is 10.1. The van der Waals surface area contributed by atoms with Crippen molar-refractivity contribution in [1.82, 2.24) is 9.97 Å². The number of nitrogens with zero attached hydrogens (tertiary/aromatic N) is 2. The molecule has 0 amide bonds. The van der Waals surface area contributed by atoms with Crippen LogP contribution in [0.15, 0.2) is 54.9 Å². The molecule has 1 aliphatic rings. The molecule has 28 heavy (non-hydrogen) atoms. The molecule has 140 valence electrons. The molecule has 0 spiro atoms. The van der Waals surface area contributed by atoms with Gasteiger partial charge in [0.2, 0.25) is 0 Å². The highest BCUT2D eigenvalue weighted by molar-refractivity contribution is 6.05. The third-order valence-electron chi connectivity index (χ3n) is 5.99. The highest BCUT2D eigenvalue weighted by atomic mass is 14.8. The fourth-order valence-electron chi connectivity index (χ4n) is 4.88. The summed E-state index contributed by atoms with van der Waals surface area (Å²) in [5.41, 5.74) is 7.41. The van der Waals surface area contributed by atoms with Gasteiger partial charge in [0.1, 0.15) is 0 Å². The van der Waals surface area contributed by atoms with Crippen molar-refractivity contribution in [3.63, 3.8) is 0 Å². The molecule has 2 heterocycles. The number of rotatable bonds is 1. The van der Waals surface area contributed by atoms with Gasteiger partial charge in [-0.05, 0) is 45.4 Å². The molecule has 0 N–H and O–H groups in total. The summed E-state index contributed by atoms with van der Waals surface area (Å²) in [5, 5.41) is 3.87. The molecule has 5 rings (SSSR count). The normalized spacial score (nSPS) is 15.0. The Hall–Kier alpha value is -2.74. The van der Waals surface area contributed by atoms with Crippen LogP contribution in [0, 0.1) is 5.41 Å². The van der Waals surface area contributed by atoms with Crippen molar-refractivity contribution in [2.45, 2.75) is 46.5 Å². The van der Waals surface area contributed by atoms with Crippen LogP contribution in [0.4, 0.5) is 0 Å². The average molecular weight is 367 g/mol. The fraction of sp³-hybridized carbons (Fsp3) is 0.308. The molecular weight excluding hydrogens is 340 g/mol. The van der Waals surface area contributed by atoms with Crippen LogP contribution < -0.4 is 0 Å². The highest BCUT2D eigenvalue weighted by Crippen LogP contribution is 2.49. The van der Waals surface area contributed by atoms with Crippen LogP contribution in [0.25, 0.3) is 32.9 Å². The Balaban J connectivity index is 1.88. The second-order valence-electron chi connectivity index (χ2n) is 9.83. The predicted molar refractivity (Wildman–Crippen MR) is 118 cm³/mol. The molecule has 4 aromatic rings. The Morgan fingerprint density at radius 1 is 0.929 bits per heavy atom. The minimum atomic E-state index is -0.127. The highest BCUT2D eigenvalue weighted by Gasteiger charge is 2.35. The molecule has 2 aromatic carbocycles. The Kier molecular flexibility index (Phi) is 3.49. The Morgan fingerprint density at radius 2 is 1.68 bits per heavy atom. The maximum atomic E-state index is 4.91. The summed E-state index contributed by atoms with van der Waals surface area (Å²) in [7, 11) is 0. The molecule has 1 aliphatic carbocycles. The van der Waals surface area contributed by atoms with E-state index in [0.29, 0.717) is 0 Å². The Labute approximate surface area is 166 Å². The summed E-state index contributed by atoms with van der Waals surface area (Å²) >= 11 is 0. The van der Waals surface area contributed by atoms with E-state index in [1.807, 2.05) is 12.4 Å². The zero-order chi connectivity index (χ0) is 19.7. The van der Waals surface area contributed by atoms with E-state index in [-0.39, 0.29) is 10.8 Å². The van der Waals surface area contributed by atoms with Crippen LogP contribution >= 0.6 is 0 Å². The van der Waals surface area contributed by atoms with Gasteiger partial charge in [0.05, 0.1) is 17.4 Å². The van der Waals surface area contributed by atoms with Crippen molar-refractivity contribution < 1.29 is 0 Å². The van der Waals surface area contributed by atoms with Gasteiger partial charge < -0.3 is 0 Å². The molecule has 0 atom stereocenters. The van der Waals surface area contributed by atoms with Crippen LogP contribution in [0.3, 0.4) is 0 Å². The molecule has 0 radical (unpaired) electrons. The number of hydrogen-bond donors (Lipinski definition) is 0. The lowest BCUT2D eigenvalue weighted by molar-refractivity contribution is 0.411. The van der Waals surface area contributed by atoms with Gasteiger partial charge in [-0.15, -0.1) is 0 Å². The minimum absolute atomic E-state index is 0.127. The van der Waals surface area contributed by atoms with Gasteiger partial charge in [-0.25, -0.2) is 0 Å².